The zero-order chi connectivity index (χ0) is 15.5. The summed E-state index contributed by atoms with van der Waals surface area (Å²) in [6.45, 7) is 9.96. The van der Waals surface area contributed by atoms with E-state index in [-0.39, 0.29) is 11.1 Å². The minimum absolute atomic E-state index is 0.00895. The summed E-state index contributed by atoms with van der Waals surface area (Å²) in [7, 11) is -0.393. The highest BCUT2D eigenvalue weighted by atomic mass is 28.3. The number of fused-ring (bicyclic) bond motifs is 1. The van der Waals surface area contributed by atoms with Crippen LogP contribution >= 0.6 is 0 Å². The number of nitrogens with zero attached hydrogens (tertiary/aromatic N) is 3. The molecule has 1 aromatic carbocycles. The van der Waals surface area contributed by atoms with Crippen LogP contribution in [0.3, 0.4) is 0 Å². The first-order chi connectivity index (χ1) is 9.94. The van der Waals surface area contributed by atoms with Gasteiger partial charge in [0.05, 0.1) is 21.4 Å². The predicted molar refractivity (Wildman–Crippen MR) is 88.3 cm³/mol. The summed E-state index contributed by atoms with van der Waals surface area (Å²) in [6.07, 6.45) is 3.06. The van der Waals surface area contributed by atoms with Crippen LogP contribution in [0.1, 0.15) is 43.9 Å². The van der Waals surface area contributed by atoms with Gasteiger partial charge in [-0.25, -0.2) is 0 Å². The zero-order valence-corrected chi connectivity index (χ0v) is 14.4. The van der Waals surface area contributed by atoms with Crippen LogP contribution in [0.4, 0.5) is 0 Å². The number of hydrogen-bond acceptors (Lipinski definition) is 2. The molecule has 21 heavy (non-hydrogen) atoms. The standard InChI is InChI=1S/C16H24N3OSi/c1-16(2,21(3)4)11-20-13-8-9-14-12(10-13)6-5-7-15(14)18-19-17/h8-10,15H,5-7,11H2,1-4H3. The second-order valence-electron chi connectivity index (χ2n) is 6.65. The van der Waals surface area contributed by atoms with Crippen molar-refractivity contribution in [2.75, 3.05) is 6.61 Å². The summed E-state index contributed by atoms with van der Waals surface area (Å²) < 4.78 is 6.02. The third-order valence-electron chi connectivity index (χ3n) is 4.54. The third kappa shape index (κ3) is 3.80. The maximum absolute atomic E-state index is 8.66. The van der Waals surface area contributed by atoms with Crippen LogP contribution in [0, 0.1) is 0 Å². The monoisotopic (exact) mass is 302 g/mol. The first-order valence-electron chi connectivity index (χ1n) is 7.54. The zero-order valence-electron chi connectivity index (χ0n) is 13.4. The van der Waals surface area contributed by atoms with Gasteiger partial charge in [0.15, 0.2) is 0 Å². The van der Waals surface area contributed by atoms with Gasteiger partial charge in [0.25, 0.3) is 0 Å². The lowest BCUT2D eigenvalue weighted by atomic mass is 9.88. The smallest absolute Gasteiger partial charge is 0.119 e. The summed E-state index contributed by atoms with van der Waals surface area (Å²) in [4.78, 5) is 2.97. The maximum Gasteiger partial charge on any atom is 0.119 e. The van der Waals surface area contributed by atoms with Crippen molar-refractivity contribution in [3.63, 3.8) is 0 Å². The van der Waals surface area contributed by atoms with E-state index in [0.29, 0.717) is 0 Å². The van der Waals surface area contributed by atoms with Gasteiger partial charge in [-0.1, -0.05) is 38.1 Å². The number of hydrogen-bond donors (Lipinski definition) is 0. The molecule has 1 radical (unpaired) electrons. The summed E-state index contributed by atoms with van der Waals surface area (Å²) in [6, 6.07) is 6.20. The Morgan fingerprint density at radius 1 is 1.43 bits per heavy atom. The van der Waals surface area contributed by atoms with E-state index in [0.717, 1.165) is 31.6 Å². The summed E-state index contributed by atoms with van der Waals surface area (Å²) in [5.74, 6) is 0.937. The second-order valence-corrected chi connectivity index (χ2v) is 10.00. The highest BCUT2D eigenvalue weighted by Crippen LogP contribution is 2.35. The first kappa shape index (κ1) is 15.9. The number of azide groups is 1. The molecule has 1 unspecified atom stereocenters. The van der Waals surface area contributed by atoms with Crippen molar-refractivity contribution >= 4 is 8.80 Å². The molecule has 0 saturated heterocycles. The second kappa shape index (κ2) is 6.54. The molecule has 5 heteroatoms. The van der Waals surface area contributed by atoms with Crippen LogP contribution < -0.4 is 4.74 Å². The molecule has 1 atom stereocenters. The Morgan fingerprint density at radius 2 is 2.19 bits per heavy atom. The van der Waals surface area contributed by atoms with Crippen LogP contribution in [-0.2, 0) is 6.42 Å². The quantitative estimate of drug-likeness (QED) is 0.315. The number of benzene rings is 1. The maximum atomic E-state index is 8.66. The molecule has 0 amide bonds. The van der Waals surface area contributed by atoms with Gasteiger partial charge in [0.2, 0.25) is 0 Å². The largest absolute Gasteiger partial charge is 0.493 e. The van der Waals surface area contributed by atoms with Crippen LogP contribution in [0.25, 0.3) is 10.4 Å². The van der Waals surface area contributed by atoms with E-state index in [1.807, 2.05) is 6.07 Å². The van der Waals surface area contributed by atoms with Gasteiger partial charge in [-0.2, -0.15) is 0 Å². The van der Waals surface area contributed by atoms with Crippen molar-refractivity contribution in [3.8, 4) is 5.75 Å². The molecule has 0 bridgehead atoms. The van der Waals surface area contributed by atoms with Crippen molar-refractivity contribution in [2.24, 2.45) is 5.11 Å². The van der Waals surface area contributed by atoms with E-state index in [1.54, 1.807) is 0 Å². The van der Waals surface area contributed by atoms with Crippen LogP contribution in [0.2, 0.25) is 18.1 Å². The van der Waals surface area contributed by atoms with Crippen LogP contribution in [-0.4, -0.2) is 15.4 Å². The highest BCUT2D eigenvalue weighted by Gasteiger charge is 2.25. The Bertz CT molecular complexity index is 550. The lowest BCUT2D eigenvalue weighted by Gasteiger charge is -2.28. The molecule has 0 spiro atoms. The lowest BCUT2D eigenvalue weighted by Crippen LogP contribution is -2.27. The SMILES string of the molecule is C[Si](C)C(C)(C)COc1ccc2c(c1)CCCC2N=[N+]=[N-]. The average Bonchev–Trinajstić information content (AvgIpc) is 2.45. The molecule has 4 nitrogen and oxygen atoms in total. The molecule has 0 aromatic heterocycles. The van der Waals surface area contributed by atoms with Crippen molar-refractivity contribution in [1.82, 2.24) is 0 Å². The molecule has 1 aliphatic rings. The van der Waals surface area contributed by atoms with Crippen molar-refractivity contribution in [1.29, 1.82) is 0 Å². The molecule has 0 heterocycles. The fraction of sp³-hybridized carbons (Fsp3) is 0.625. The van der Waals surface area contributed by atoms with Crippen molar-refractivity contribution < 1.29 is 4.74 Å². The van der Waals surface area contributed by atoms with Gasteiger partial charge in [0, 0.05) is 4.91 Å². The van der Waals surface area contributed by atoms with Crippen LogP contribution in [0.15, 0.2) is 23.3 Å². The van der Waals surface area contributed by atoms with E-state index in [1.165, 1.54) is 11.1 Å². The van der Waals surface area contributed by atoms with E-state index in [9.17, 15) is 0 Å². The molecule has 0 N–H and O–H groups in total. The summed E-state index contributed by atoms with van der Waals surface area (Å²) in [5.41, 5.74) is 11.1. The Kier molecular flexibility index (Phi) is 4.96. The molecule has 0 aliphatic heterocycles. The van der Waals surface area contributed by atoms with Crippen LogP contribution in [0.5, 0.6) is 5.75 Å². The fourth-order valence-corrected chi connectivity index (χ4v) is 2.81. The molecule has 1 aromatic rings. The highest BCUT2D eigenvalue weighted by molar-refractivity contribution is 6.59. The van der Waals surface area contributed by atoms with E-state index < -0.39 is 8.80 Å². The van der Waals surface area contributed by atoms with Gasteiger partial charge < -0.3 is 4.74 Å². The Labute approximate surface area is 128 Å². The van der Waals surface area contributed by atoms with Crippen molar-refractivity contribution in [2.45, 2.75) is 57.3 Å². The molecule has 0 saturated carbocycles. The van der Waals surface area contributed by atoms with Crippen molar-refractivity contribution in [3.05, 3.63) is 39.8 Å². The number of aryl methyl sites for hydroxylation is 1. The van der Waals surface area contributed by atoms with Gasteiger partial charge in [0.1, 0.15) is 5.75 Å². The molecular formula is C16H24N3OSi. The minimum atomic E-state index is -0.393. The van der Waals surface area contributed by atoms with Gasteiger partial charge in [-0.15, -0.1) is 0 Å². The third-order valence-corrected chi connectivity index (χ3v) is 7.39. The number of ether oxygens (including phenoxy) is 1. The Hall–Kier alpha value is -1.45. The van der Waals surface area contributed by atoms with E-state index in [4.69, 9.17) is 10.3 Å². The van der Waals surface area contributed by atoms with E-state index in [2.05, 4.69) is 49.1 Å². The first-order valence-corrected chi connectivity index (χ1v) is 10.0. The van der Waals surface area contributed by atoms with Gasteiger partial charge in [-0.3, -0.25) is 0 Å². The topological polar surface area (TPSA) is 58.0 Å². The number of rotatable bonds is 5. The minimum Gasteiger partial charge on any atom is -0.493 e. The van der Waals surface area contributed by atoms with E-state index >= 15 is 0 Å². The molecule has 113 valence electrons. The molecule has 2 rings (SSSR count). The molecule has 0 fully saturated rings. The Balaban J connectivity index is 2.12. The Morgan fingerprint density at radius 3 is 2.86 bits per heavy atom. The lowest BCUT2D eigenvalue weighted by molar-refractivity contribution is 0.276. The van der Waals surface area contributed by atoms with Gasteiger partial charge >= 0.3 is 0 Å². The summed E-state index contributed by atoms with van der Waals surface area (Å²) >= 11 is 0. The molecular weight excluding hydrogens is 278 g/mol. The summed E-state index contributed by atoms with van der Waals surface area (Å²) in [5, 5.41) is 4.17. The van der Waals surface area contributed by atoms with Gasteiger partial charge in [-0.05, 0) is 53.1 Å². The fourth-order valence-electron chi connectivity index (χ4n) is 2.45. The normalized spacial score (nSPS) is 18.0. The predicted octanol–water partition coefficient (Wildman–Crippen LogP) is 5.29. The average molecular weight is 302 g/mol. The molecule has 1 aliphatic carbocycles.